The minimum absolute atomic E-state index is 0.0491. The molecule has 0 fully saturated rings. The van der Waals surface area contributed by atoms with E-state index in [1.807, 2.05) is 0 Å². The molecule has 2 aromatic carbocycles. The van der Waals surface area contributed by atoms with E-state index in [2.05, 4.69) is 9.46 Å². The fraction of sp³-hybridized carbons (Fsp3) is 0.188. The maximum atomic E-state index is 12.5. The Morgan fingerprint density at radius 3 is 2.58 bits per heavy atom. The third-order valence-electron chi connectivity index (χ3n) is 3.34. The van der Waals surface area contributed by atoms with Crippen LogP contribution in [0.5, 0.6) is 5.75 Å². The smallest absolute Gasteiger partial charge is 0.343 e. The van der Waals surface area contributed by atoms with Crippen molar-refractivity contribution in [3.63, 3.8) is 0 Å². The number of ether oxygens (including phenoxy) is 2. The Hall–Kier alpha value is -3.14. The molecule has 0 heterocycles. The van der Waals surface area contributed by atoms with Crippen molar-refractivity contribution >= 4 is 27.4 Å². The maximum absolute atomic E-state index is 12.5. The number of rotatable bonds is 7. The SMILES string of the molecule is COC(=O)COc1ccc(S(=O)(=O)Nc2cccc([N+](=O)[O-])c2)cc1C. The largest absolute Gasteiger partial charge is 0.482 e. The molecule has 138 valence electrons. The average Bonchev–Trinajstić information content (AvgIpc) is 2.60. The van der Waals surface area contributed by atoms with Gasteiger partial charge in [-0.2, -0.15) is 0 Å². The molecule has 0 saturated heterocycles. The standard InChI is InChI=1S/C16H16N2O7S/c1-11-8-14(6-7-15(11)25-10-16(19)24-2)26(22,23)17-12-4-3-5-13(9-12)18(20)21/h3-9,17H,10H2,1-2H3. The quantitative estimate of drug-likeness (QED) is 0.444. The van der Waals surface area contributed by atoms with Crippen molar-refractivity contribution in [2.75, 3.05) is 18.4 Å². The molecule has 26 heavy (non-hydrogen) atoms. The van der Waals surface area contributed by atoms with Crippen LogP contribution in [0.15, 0.2) is 47.4 Å². The number of benzene rings is 2. The Balaban J connectivity index is 2.21. The van der Waals surface area contributed by atoms with E-state index < -0.39 is 20.9 Å². The van der Waals surface area contributed by atoms with Crippen molar-refractivity contribution in [1.29, 1.82) is 0 Å². The molecule has 0 aliphatic carbocycles. The minimum Gasteiger partial charge on any atom is -0.482 e. The zero-order chi connectivity index (χ0) is 19.3. The van der Waals surface area contributed by atoms with Crippen LogP contribution in [0.4, 0.5) is 11.4 Å². The first kappa shape index (κ1) is 19.2. The Morgan fingerprint density at radius 2 is 1.96 bits per heavy atom. The Bertz CT molecular complexity index is 941. The average molecular weight is 380 g/mol. The molecule has 0 saturated carbocycles. The summed E-state index contributed by atoms with van der Waals surface area (Å²) < 4.78 is 36.9. The van der Waals surface area contributed by atoms with E-state index >= 15 is 0 Å². The van der Waals surface area contributed by atoms with Gasteiger partial charge in [0.15, 0.2) is 6.61 Å². The van der Waals surface area contributed by atoms with E-state index in [9.17, 15) is 23.3 Å². The number of methoxy groups -OCH3 is 1. The lowest BCUT2D eigenvalue weighted by atomic mass is 10.2. The second kappa shape index (κ2) is 7.83. The van der Waals surface area contributed by atoms with E-state index in [1.165, 1.54) is 43.5 Å². The molecule has 0 amide bonds. The van der Waals surface area contributed by atoms with Crippen LogP contribution in [-0.2, 0) is 19.6 Å². The molecule has 2 rings (SSSR count). The predicted octanol–water partition coefficient (Wildman–Crippen LogP) is 2.26. The normalized spacial score (nSPS) is 10.8. The highest BCUT2D eigenvalue weighted by atomic mass is 32.2. The zero-order valence-corrected chi connectivity index (χ0v) is 14.8. The van der Waals surface area contributed by atoms with E-state index in [4.69, 9.17) is 4.74 Å². The number of sulfonamides is 1. The van der Waals surface area contributed by atoms with Crippen molar-refractivity contribution < 1.29 is 27.6 Å². The molecule has 2 aromatic rings. The number of anilines is 1. The highest BCUT2D eigenvalue weighted by molar-refractivity contribution is 7.92. The molecule has 10 heteroatoms. The molecule has 9 nitrogen and oxygen atoms in total. The molecule has 0 bridgehead atoms. The minimum atomic E-state index is -3.95. The molecule has 0 aliphatic rings. The van der Waals surface area contributed by atoms with Crippen LogP contribution in [0, 0.1) is 17.0 Å². The summed E-state index contributed by atoms with van der Waals surface area (Å²) in [6.07, 6.45) is 0. The van der Waals surface area contributed by atoms with Crippen molar-refractivity contribution in [2.45, 2.75) is 11.8 Å². The predicted molar refractivity (Wildman–Crippen MR) is 92.6 cm³/mol. The lowest BCUT2D eigenvalue weighted by Gasteiger charge is -2.11. The summed E-state index contributed by atoms with van der Waals surface area (Å²) in [6, 6.07) is 9.26. The summed E-state index contributed by atoms with van der Waals surface area (Å²) in [6.45, 7) is 1.33. The first-order valence-electron chi connectivity index (χ1n) is 7.30. The molecule has 0 spiro atoms. The second-order valence-electron chi connectivity index (χ2n) is 5.21. The topological polar surface area (TPSA) is 125 Å². The van der Waals surface area contributed by atoms with Gasteiger partial charge in [-0.3, -0.25) is 14.8 Å². The van der Waals surface area contributed by atoms with E-state index in [-0.39, 0.29) is 22.9 Å². The number of nitro groups is 1. The van der Waals surface area contributed by atoms with Crippen LogP contribution in [0.3, 0.4) is 0 Å². The monoisotopic (exact) mass is 380 g/mol. The molecular formula is C16H16N2O7S. The van der Waals surface area contributed by atoms with Crippen LogP contribution in [-0.4, -0.2) is 33.0 Å². The number of nitrogens with zero attached hydrogens (tertiary/aromatic N) is 1. The molecule has 0 aliphatic heterocycles. The van der Waals surface area contributed by atoms with Crippen LogP contribution in [0.2, 0.25) is 0 Å². The Labute approximate surface area is 149 Å². The lowest BCUT2D eigenvalue weighted by molar-refractivity contribution is -0.384. The molecule has 0 atom stereocenters. The van der Waals surface area contributed by atoms with E-state index in [0.717, 1.165) is 6.07 Å². The summed E-state index contributed by atoms with van der Waals surface area (Å²) in [5.74, 6) is -0.224. The highest BCUT2D eigenvalue weighted by Gasteiger charge is 2.17. The number of hydrogen-bond acceptors (Lipinski definition) is 7. The van der Waals surface area contributed by atoms with Gasteiger partial charge in [-0.05, 0) is 36.8 Å². The van der Waals surface area contributed by atoms with Gasteiger partial charge in [-0.15, -0.1) is 0 Å². The van der Waals surface area contributed by atoms with Crippen LogP contribution < -0.4 is 9.46 Å². The number of nitrogens with one attached hydrogen (secondary N) is 1. The highest BCUT2D eigenvalue weighted by Crippen LogP contribution is 2.25. The van der Waals surface area contributed by atoms with E-state index in [1.54, 1.807) is 6.92 Å². The maximum Gasteiger partial charge on any atom is 0.343 e. The Kier molecular flexibility index (Phi) is 5.78. The van der Waals surface area contributed by atoms with Crippen molar-refractivity contribution in [1.82, 2.24) is 0 Å². The lowest BCUT2D eigenvalue weighted by Crippen LogP contribution is -2.15. The molecule has 0 radical (unpaired) electrons. The van der Waals surface area contributed by atoms with Crippen molar-refractivity contribution in [2.24, 2.45) is 0 Å². The first-order valence-corrected chi connectivity index (χ1v) is 8.79. The number of aryl methyl sites for hydroxylation is 1. The van der Waals surface area contributed by atoms with Crippen LogP contribution in [0.25, 0.3) is 0 Å². The number of esters is 1. The van der Waals surface area contributed by atoms with Crippen LogP contribution >= 0.6 is 0 Å². The zero-order valence-electron chi connectivity index (χ0n) is 14.0. The van der Waals surface area contributed by atoms with Gasteiger partial charge >= 0.3 is 5.97 Å². The van der Waals surface area contributed by atoms with Gasteiger partial charge in [-0.1, -0.05) is 6.07 Å². The number of carbonyl (C=O) groups is 1. The number of carbonyl (C=O) groups excluding carboxylic acids is 1. The van der Waals surface area contributed by atoms with E-state index in [0.29, 0.717) is 11.3 Å². The summed E-state index contributed by atoms with van der Waals surface area (Å²) in [4.78, 5) is 21.2. The van der Waals surface area contributed by atoms with Crippen molar-refractivity contribution in [3.05, 3.63) is 58.1 Å². The fourth-order valence-electron chi connectivity index (χ4n) is 2.04. The van der Waals surface area contributed by atoms with Gasteiger partial charge in [0.05, 0.1) is 22.6 Å². The van der Waals surface area contributed by atoms with Gasteiger partial charge in [0, 0.05) is 12.1 Å². The fourth-order valence-corrected chi connectivity index (χ4v) is 3.18. The first-order chi connectivity index (χ1) is 12.2. The summed E-state index contributed by atoms with van der Waals surface area (Å²) in [5.41, 5.74) is 0.339. The van der Waals surface area contributed by atoms with Gasteiger partial charge in [0.2, 0.25) is 0 Å². The second-order valence-corrected chi connectivity index (χ2v) is 6.89. The Morgan fingerprint density at radius 1 is 1.23 bits per heavy atom. The van der Waals surface area contributed by atoms with Gasteiger partial charge in [0.1, 0.15) is 5.75 Å². The van der Waals surface area contributed by atoms with Gasteiger partial charge in [0.25, 0.3) is 15.7 Å². The summed E-state index contributed by atoms with van der Waals surface area (Å²) >= 11 is 0. The number of non-ortho nitro benzene ring substituents is 1. The summed E-state index contributed by atoms with van der Waals surface area (Å²) in [5, 5.41) is 10.8. The summed E-state index contributed by atoms with van der Waals surface area (Å²) in [7, 11) is -2.72. The third kappa shape index (κ3) is 4.70. The van der Waals surface area contributed by atoms with Crippen LogP contribution in [0.1, 0.15) is 5.56 Å². The van der Waals surface area contributed by atoms with Gasteiger partial charge in [-0.25, -0.2) is 13.2 Å². The molecular weight excluding hydrogens is 364 g/mol. The molecule has 0 aromatic heterocycles. The van der Waals surface area contributed by atoms with Gasteiger partial charge < -0.3 is 9.47 Å². The number of hydrogen-bond donors (Lipinski definition) is 1. The third-order valence-corrected chi connectivity index (χ3v) is 4.72. The molecule has 0 unspecified atom stereocenters. The number of nitro benzene ring substituents is 1. The van der Waals surface area contributed by atoms with Crippen molar-refractivity contribution in [3.8, 4) is 5.75 Å². The molecule has 1 N–H and O–H groups in total.